The van der Waals surface area contributed by atoms with Gasteiger partial charge in [0.15, 0.2) is 0 Å². The van der Waals surface area contributed by atoms with E-state index < -0.39 is 60.0 Å². The molecule has 0 aliphatic rings. The molecule has 1 unspecified atom stereocenters. The molecule has 1 rings (SSSR count). The molecule has 2 nitrogen and oxygen atoms in total. The highest BCUT2D eigenvalue weighted by molar-refractivity contribution is 8.24. The van der Waals surface area contributed by atoms with Gasteiger partial charge in [-0.25, -0.2) is 0 Å². The molecule has 1 atom stereocenters. The first-order valence-electron chi connectivity index (χ1n) is 8.93. The monoisotopic (exact) mass is 572 g/mol. The van der Waals surface area contributed by atoms with Gasteiger partial charge in [-0.15, -0.1) is 0 Å². The Morgan fingerprint density at radius 2 is 1.29 bits per heavy atom. The van der Waals surface area contributed by atoms with Crippen molar-refractivity contribution in [3.05, 3.63) is 35.9 Å². The van der Waals surface area contributed by atoms with E-state index >= 15 is 0 Å². The molecule has 1 aromatic rings. The maximum Gasteiger partial charge on any atom is 0.460 e. The van der Waals surface area contributed by atoms with Crippen LogP contribution in [0.1, 0.15) is 18.9 Å². The molecular formula is C18H13F13O2S2. The van der Waals surface area contributed by atoms with Gasteiger partial charge < -0.3 is 4.74 Å². The molecule has 17 heteroatoms. The van der Waals surface area contributed by atoms with Gasteiger partial charge >= 0.3 is 41.8 Å². The molecule has 0 heterocycles. The van der Waals surface area contributed by atoms with Crippen LogP contribution in [0.15, 0.2) is 30.3 Å². The number of hydrogen-bond donors (Lipinski definition) is 0. The zero-order valence-electron chi connectivity index (χ0n) is 16.9. The number of hydrogen-bond acceptors (Lipinski definition) is 4. The van der Waals surface area contributed by atoms with Crippen LogP contribution in [0.2, 0.25) is 0 Å². The van der Waals surface area contributed by atoms with Gasteiger partial charge in [0.2, 0.25) is 0 Å². The highest BCUT2D eigenvalue weighted by Gasteiger charge is 2.90. The Bertz CT molecular complexity index is 901. The van der Waals surface area contributed by atoms with Crippen molar-refractivity contribution >= 4 is 34.1 Å². The molecule has 0 aliphatic carbocycles. The normalized spacial score (nSPS) is 15.0. The Balaban J connectivity index is 2.91. The topological polar surface area (TPSA) is 26.3 Å². The lowest BCUT2D eigenvalue weighted by Crippen LogP contribution is -2.70. The molecule has 0 bridgehead atoms. The first-order valence-corrected chi connectivity index (χ1v) is 10.2. The molecule has 1 aromatic carbocycles. The summed E-state index contributed by atoms with van der Waals surface area (Å²) in [5.74, 6) is -38.7. The molecule has 0 amide bonds. The Morgan fingerprint density at radius 1 is 0.829 bits per heavy atom. The van der Waals surface area contributed by atoms with Gasteiger partial charge in [0.05, 0.1) is 17.2 Å². The molecule has 0 radical (unpaired) electrons. The number of thiocarbonyl (C=S) groups is 1. The Labute approximate surface area is 198 Å². The summed E-state index contributed by atoms with van der Waals surface area (Å²) < 4.78 is 174. The second-order valence-electron chi connectivity index (χ2n) is 6.83. The lowest BCUT2D eigenvalue weighted by molar-refractivity contribution is -0.440. The number of halogens is 13. The lowest BCUT2D eigenvalue weighted by atomic mass is 9.93. The van der Waals surface area contributed by atoms with Gasteiger partial charge in [0.25, 0.3) is 0 Å². The molecule has 0 aromatic heterocycles. The smallest absolute Gasteiger partial charge is 0.460 e. The molecule has 0 N–H and O–H groups in total. The fourth-order valence-electron chi connectivity index (χ4n) is 2.21. The fourth-order valence-corrected chi connectivity index (χ4v) is 3.53. The van der Waals surface area contributed by atoms with Crippen molar-refractivity contribution in [2.45, 2.75) is 54.4 Å². The van der Waals surface area contributed by atoms with Crippen LogP contribution in [0.5, 0.6) is 0 Å². The highest BCUT2D eigenvalue weighted by atomic mass is 32.2. The Hall–Kier alpha value is -1.78. The van der Waals surface area contributed by atoms with E-state index in [4.69, 9.17) is 12.2 Å². The summed E-state index contributed by atoms with van der Waals surface area (Å²) in [7, 11) is 0. The van der Waals surface area contributed by atoms with Crippen LogP contribution in [0, 0.1) is 0 Å². The highest BCUT2D eigenvalue weighted by Crippen LogP contribution is 2.60. The molecule has 200 valence electrons. The molecule has 0 saturated carbocycles. The van der Waals surface area contributed by atoms with E-state index in [0.717, 1.165) is 6.92 Å². The van der Waals surface area contributed by atoms with Crippen molar-refractivity contribution in [1.29, 1.82) is 0 Å². The van der Waals surface area contributed by atoms with E-state index in [1.54, 1.807) is 18.2 Å². The first-order chi connectivity index (χ1) is 15.5. The molecule has 0 aliphatic heterocycles. The van der Waals surface area contributed by atoms with Crippen LogP contribution in [-0.4, -0.2) is 57.8 Å². The van der Waals surface area contributed by atoms with Crippen LogP contribution in [0.4, 0.5) is 57.1 Å². The Kier molecular flexibility index (Phi) is 9.20. The van der Waals surface area contributed by atoms with Crippen molar-refractivity contribution in [3.8, 4) is 0 Å². The van der Waals surface area contributed by atoms with Crippen molar-refractivity contribution in [2.75, 3.05) is 6.61 Å². The number of benzene rings is 1. The van der Waals surface area contributed by atoms with Crippen LogP contribution in [0.3, 0.4) is 0 Å². The number of thioether (sulfide) groups is 1. The average Bonchev–Trinajstić information content (AvgIpc) is 2.72. The minimum absolute atomic E-state index is 0.111. The van der Waals surface area contributed by atoms with Gasteiger partial charge in [-0.3, -0.25) is 4.79 Å². The molecule has 0 saturated heterocycles. The minimum atomic E-state index is -7.97. The van der Waals surface area contributed by atoms with Crippen LogP contribution in [0.25, 0.3) is 0 Å². The third-order valence-electron chi connectivity index (χ3n) is 4.28. The summed E-state index contributed by atoms with van der Waals surface area (Å²) in [6, 6.07) is 7.87. The van der Waals surface area contributed by atoms with Gasteiger partial charge in [-0.1, -0.05) is 54.3 Å². The van der Waals surface area contributed by atoms with Crippen LogP contribution in [-0.2, 0) is 9.53 Å². The predicted octanol–water partition coefficient (Wildman–Crippen LogP) is 7.16. The van der Waals surface area contributed by atoms with E-state index in [-0.39, 0.29) is 4.20 Å². The fraction of sp³-hybridized carbons (Fsp3) is 0.556. The largest absolute Gasteiger partial charge is 0.465 e. The quantitative estimate of drug-likeness (QED) is 0.169. The van der Waals surface area contributed by atoms with Crippen LogP contribution >= 0.6 is 24.0 Å². The summed E-state index contributed by atoms with van der Waals surface area (Å²) in [6.07, 6.45) is -10.1. The van der Waals surface area contributed by atoms with Gasteiger partial charge in [0, 0.05) is 0 Å². The molecule has 0 spiro atoms. The Morgan fingerprint density at radius 3 is 1.74 bits per heavy atom. The molecule has 0 fully saturated rings. The third kappa shape index (κ3) is 5.97. The van der Waals surface area contributed by atoms with E-state index in [9.17, 15) is 61.9 Å². The third-order valence-corrected chi connectivity index (χ3v) is 5.80. The molecular weight excluding hydrogens is 559 g/mol. The second kappa shape index (κ2) is 10.3. The summed E-state index contributed by atoms with van der Waals surface area (Å²) in [5.41, 5.74) is 0.456. The van der Waals surface area contributed by atoms with Crippen molar-refractivity contribution in [3.63, 3.8) is 0 Å². The van der Waals surface area contributed by atoms with Crippen molar-refractivity contribution < 1.29 is 66.6 Å². The van der Waals surface area contributed by atoms with E-state index in [1.165, 1.54) is 12.1 Å². The SMILES string of the molecule is CC(SC(=S)c1ccccc1)C(=O)OCCC(F)(F)C(F)(F)C(F)(F)C(F)(F)C(F)(F)C(F)(F)F. The number of esters is 1. The predicted molar refractivity (Wildman–Crippen MR) is 102 cm³/mol. The van der Waals surface area contributed by atoms with E-state index in [0.29, 0.717) is 17.3 Å². The molecule has 35 heavy (non-hydrogen) atoms. The number of alkyl halides is 13. The van der Waals surface area contributed by atoms with Gasteiger partial charge in [-0.2, -0.15) is 57.1 Å². The average molecular weight is 572 g/mol. The zero-order valence-corrected chi connectivity index (χ0v) is 18.6. The summed E-state index contributed by atoms with van der Waals surface area (Å²) in [4.78, 5) is 11.8. The van der Waals surface area contributed by atoms with Crippen molar-refractivity contribution in [1.82, 2.24) is 0 Å². The van der Waals surface area contributed by atoms with Crippen molar-refractivity contribution in [2.24, 2.45) is 0 Å². The second-order valence-corrected chi connectivity index (χ2v) is 8.85. The first kappa shape index (κ1) is 31.3. The summed E-state index contributed by atoms with van der Waals surface area (Å²) >= 11 is 5.66. The maximum absolute atomic E-state index is 13.7. The van der Waals surface area contributed by atoms with Crippen LogP contribution < -0.4 is 0 Å². The summed E-state index contributed by atoms with van der Waals surface area (Å²) in [5, 5.41) is -1.26. The number of ether oxygens (including phenoxy) is 1. The van der Waals surface area contributed by atoms with Gasteiger partial charge in [-0.05, 0) is 12.5 Å². The number of carbonyl (C=O) groups is 1. The lowest BCUT2D eigenvalue weighted by Gasteiger charge is -2.39. The van der Waals surface area contributed by atoms with E-state index in [1.807, 2.05) is 0 Å². The minimum Gasteiger partial charge on any atom is -0.465 e. The zero-order chi connectivity index (χ0) is 27.7. The van der Waals surface area contributed by atoms with Gasteiger partial charge in [0.1, 0.15) is 5.25 Å². The number of carbonyl (C=O) groups excluding carboxylic acids is 1. The maximum atomic E-state index is 13.7. The number of rotatable bonds is 10. The summed E-state index contributed by atoms with van der Waals surface area (Å²) in [6.45, 7) is -0.676. The van der Waals surface area contributed by atoms with E-state index in [2.05, 4.69) is 4.74 Å². The standard InChI is InChI=1S/C18H13F13O2S2/c1-9(35-12(34)10-5-3-2-4-6-10)11(32)33-8-7-13(19,20)14(21,22)15(23,24)16(25,26)17(27,28)18(29,30)31/h2-6,9H,7-8H2,1H3.